The van der Waals surface area contributed by atoms with Crippen molar-refractivity contribution < 1.29 is 4.43 Å². The molecule has 9 heavy (non-hydrogen) atoms. The fourth-order valence-corrected chi connectivity index (χ4v) is 2.40. The minimum absolute atomic E-state index is 0.483. The van der Waals surface area contributed by atoms with Gasteiger partial charge in [0.15, 0.2) is 0 Å². The van der Waals surface area contributed by atoms with Gasteiger partial charge in [-0.3, -0.25) is 0 Å². The molecule has 56 valence electrons. The summed E-state index contributed by atoms with van der Waals surface area (Å²) in [4.78, 5) is 0. The predicted molar refractivity (Wildman–Crippen MR) is 44.5 cm³/mol. The summed E-state index contributed by atoms with van der Waals surface area (Å²) in [7, 11) is 0.868. The summed E-state index contributed by atoms with van der Waals surface area (Å²) in [5.41, 5.74) is 0. The van der Waals surface area contributed by atoms with Gasteiger partial charge in [-0.25, -0.2) is 0 Å². The van der Waals surface area contributed by atoms with Crippen molar-refractivity contribution in [3.8, 4) is 0 Å². The third kappa shape index (κ3) is 3.01. The first-order valence-electron chi connectivity index (χ1n) is 3.62. The fourth-order valence-electron chi connectivity index (χ4n) is 1.31. The number of hydrogen-bond donors (Lipinski definition) is 0. The molecule has 1 nitrogen and oxygen atoms in total. The van der Waals surface area contributed by atoms with Gasteiger partial charge in [-0.15, -0.1) is 0 Å². The molecule has 0 amide bonds. The second kappa shape index (κ2) is 4.07. The Balaban J connectivity index is 3.68. The van der Waals surface area contributed by atoms with Gasteiger partial charge >= 0.3 is 0 Å². The summed E-state index contributed by atoms with van der Waals surface area (Å²) in [5.74, 6) is 1.34. The molecule has 0 N–H and O–H groups in total. The maximum atomic E-state index is 5.41. The molecule has 0 saturated carbocycles. The molecule has 0 fully saturated rings. The Morgan fingerprint density at radius 2 is 1.33 bits per heavy atom. The Morgan fingerprint density at radius 1 is 1.00 bits per heavy atom. The van der Waals surface area contributed by atoms with Gasteiger partial charge in [0.05, 0.1) is 0 Å². The van der Waals surface area contributed by atoms with Gasteiger partial charge in [0, 0.05) is 6.10 Å². The molecule has 2 heteroatoms. The van der Waals surface area contributed by atoms with Crippen LogP contribution in [-0.4, -0.2) is 16.6 Å². The van der Waals surface area contributed by atoms with E-state index in [-0.39, 0.29) is 0 Å². The van der Waals surface area contributed by atoms with Crippen LogP contribution in [0.5, 0.6) is 0 Å². The van der Waals surface area contributed by atoms with Crippen LogP contribution in [0, 0.1) is 11.8 Å². The lowest BCUT2D eigenvalue weighted by Crippen LogP contribution is -2.24. The van der Waals surface area contributed by atoms with Crippen molar-refractivity contribution in [2.45, 2.75) is 33.8 Å². The number of rotatable bonds is 3. The summed E-state index contributed by atoms with van der Waals surface area (Å²) >= 11 is 0. The Kier molecular flexibility index (Phi) is 4.15. The molecule has 0 aliphatic carbocycles. The van der Waals surface area contributed by atoms with E-state index >= 15 is 0 Å². The van der Waals surface area contributed by atoms with Crippen LogP contribution in [-0.2, 0) is 4.43 Å². The van der Waals surface area contributed by atoms with Crippen LogP contribution in [0.3, 0.4) is 0 Å². The van der Waals surface area contributed by atoms with E-state index in [9.17, 15) is 0 Å². The van der Waals surface area contributed by atoms with Gasteiger partial charge < -0.3 is 4.43 Å². The normalized spacial score (nSPS) is 12.3. The molecule has 0 atom stereocenters. The van der Waals surface area contributed by atoms with E-state index in [0.717, 1.165) is 10.5 Å². The minimum atomic E-state index is 0.483. The highest BCUT2D eigenvalue weighted by molar-refractivity contribution is 5.98. The summed E-state index contributed by atoms with van der Waals surface area (Å²) in [5, 5.41) is 0. The smallest absolute Gasteiger partial charge is 0.146 e. The third-order valence-corrected chi connectivity index (χ3v) is 2.13. The molecule has 0 saturated heterocycles. The molecular weight excluding hydrogens is 128 g/mol. The lowest BCUT2D eigenvalue weighted by atomic mass is 9.97. The lowest BCUT2D eigenvalue weighted by molar-refractivity contribution is 0.117. The van der Waals surface area contributed by atoms with E-state index < -0.39 is 0 Å². The Bertz CT molecular complexity index is 63.3. The fraction of sp³-hybridized carbons (Fsp3) is 1.00. The van der Waals surface area contributed by atoms with Crippen LogP contribution < -0.4 is 0 Å². The van der Waals surface area contributed by atoms with Crippen molar-refractivity contribution in [1.29, 1.82) is 0 Å². The van der Waals surface area contributed by atoms with Gasteiger partial charge in [0.25, 0.3) is 0 Å². The van der Waals surface area contributed by atoms with E-state index in [1.165, 1.54) is 0 Å². The predicted octanol–water partition coefficient (Wildman–Crippen LogP) is 0.964. The Morgan fingerprint density at radius 3 is 1.33 bits per heavy atom. The molecular formula is C7H18OSi. The van der Waals surface area contributed by atoms with Gasteiger partial charge in [-0.05, 0) is 11.8 Å². The molecule has 0 spiro atoms. The maximum Gasteiger partial charge on any atom is 0.146 e. The van der Waals surface area contributed by atoms with Crippen molar-refractivity contribution in [2.24, 2.45) is 11.8 Å². The van der Waals surface area contributed by atoms with Gasteiger partial charge in [0.2, 0.25) is 0 Å². The minimum Gasteiger partial charge on any atom is -0.425 e. The highest BCUT2D eigenvalue weighted by Gasteiger charge is 2.14. The molecule has 0 bridgehead atoms. The average Bonchev–Trinajstić information content (AvgIpc) is 1.64. The zero-order valence-corrected chi connectivity index (χ0v) is 9.14. The first-order chi connectivity index (χ1) is 4.09. The summed E-state index contributed by atoms with van der Waals surface area (Å²) < 4.78 is 5.41. The van der Waals surface area contributed by atoms with E-state index in [0.29, 0.717) is 17.9 Å². The molecule has 0 aromatic carbocycles. The van der Waals surface area contributed by atoms with Crippen LogP contribution in [0.4, 0.5) is 0 Å². The second-order valence-corrected chi connectivity index (χ2v) is 3.66. The molecule has 0 unspecified atom stereocenters. The molecule has 0 heterocycles. The lowest BCUT2D eigenvalue weighted by Gasteiger charge is -2.23. The SMILES string of the molecule is CC(C)C(O[SiH3])C(C)C. The molecule has 0 aromatic rings. The highest BCUT2D eigenvalue weighted by Crippen LogP contribution is 2.13. The average molecular weight is 146 g/mol. The van der Waals surface area contributed by atoms with Gasteiger partial charge in [-0.1, -0.05) is 27.7 Å². The van der Waals surface area contributed by atoms with Crippen molar-refractivity contribution in [2.75, 3.05) is 0 Å². The van der Waals surface area contributed by atoms with Crippen LogP contribution >= 0.6 is 0 Å². The maximum absolute atomic E-state index is 5.41. The topological polar surface area (TPSA) is 9.23 Å². The van der Waals surface area contributed by atoms with Crippen LogP contribution in [0.2, 0.25) is 0 Å². The van der Waals surface area contributed by atoms with Crippen LogP contribution in [0.1, 0.15) is 27.7 Å². The quantitative estimate of drug-likeness (QED) is 0.539. The van der Waals surface area contributed by atoms with E-state index in [1.54, 1.807) is 0 Å². The van der Waals surface area contributed by atoms with Gasteiger partial charge in [-0.2, -0.15) is 0 Å². The Labute approximate surface area is 61.3 Å². The number of hydrogen-bond acceptors (Lipinski definition) is 1. The highest BCUT2D eigenvalue weighted by atomic mass is 28.2. The monoisotopic (exact) mass is 146 g/mol. The first-order valence-corrected chi connectivity index (χ1v) is 4.44. The third-order valence-electron chi connectivity index (χ3n) is 1.59. The van der Waals surface area contributed by atoms with Crippen molar-refractivity contribution in [3.05, 3.63) is 0 Å². The largest absolute Gasteiger partial charge is 0.425 e. The summed E-state index contributed by atoms with van der Waals surface area (Å²) in [6.45, 7) is 8.84. The molecule has 0 rings (SSSR count). The Hall–Kier alpha value is 0.177. The van der Waals surface area contributed by atoms with E-state index in [4.69, 9.17) is 4.43 Å². The van der Waals surface area contributed by atoms with Crippen molar-refractivity contribution in [3.63, 3.8) is 0 Å². The first kappa shape index (κ1) is 9.18. The van der Waals surface area contributed by atoms with Gasteiger partial charge in [0.1, 0.15) is 10.5 Å². The summed E-state index contributed by atoms with van der Waals surface area (Å²) in [6, 6.07) is 0. The molecule has 0 aliphatic heterocycles. The van der Waals surface area contributed by atoms with Crippen molar-refractivity contribution in [1.82, 2.24) is 0 Å². The zero-order valence-electron chi connectivity index (χ0n) is 7.14. The van der Waals surface area contributed by atoms with Crippen LogP contribution in [0.15, 0.2) is 0 Å². The molecule has 0 radical (unpaired) electrons. The summed E-state index contributed by atoms with van der Waals surface area (Å²) in [6.07, 6.45) is 0.483. The second-order valence-electron chi connectivity index (χ2n) is 3.19. The van der Waals surface area contributed by atoms with E-state index in [1.807, 2.05) is 0 Å². The molecule has 0 aromatic heterocycles. The zero-order chi connectivity index (χ0) is 7.44. The van der Waals surface area contributed by atoms with E-state index in [2.05, 4.69) is 27.7 Å². The van der Waals surface area contributed by atoms with Crippen molar-refractivity contribution >= 4 is 10.5 Å². The van der Waals surface area contributed by atoms with Crippen LogP contribution in [0.25, 0.3) is 0 Å². The standard InChI is InChI=1S/C7H18OSi/c1-5(2)7(8-9)6(3)4/h5-7H,1-4,9H3. The molecule has 0 aliphatic rings.